The maximum Gasteiger partial charge on any atom is 0.228 e. The Morgan fingerprint density at radius 1 is 1.28 bits per heavy atom. The first kappa shape index (κ1) is 12.0. The van der Waals surface area contributed by atoms with E-state index in [0.717, 1.165) is 6.54 Å². The molecule has 3 rings (SSSR count). The van der Waals surface area contributed by atoms with Crippen LogP contribution in [0.15, 0.2) is 0 Å². The summed E-state index contributed by atoms with van der Waals surface area (Å²) in [6, 6.07) is 0. The van der Waals surface area contributed by atoms with Crippen LogP contribution < -0.4 is 0 Å². The smallest absolute Gasteiger partial charge is 0.228 e. The van der Waals surface area contributed by atoms with Crippen LogP contribution in [0.4, 0.5) is 0 Å². The number of carbonyl (C=O) groups excluding carboxylic acids is 2. The Labute approximate surface area is 107 Å². The molecule has 2 amide bonds. The van der Waals surface area contributed by atoms with Crippen molar-refractivity contribution in [3.05, 3.63) is 0 Å². The first-order chi connectivity index (χ1) is 8.63. The quantitative estimate of drug-likeness (QED) is 0.759. The number of likely N-dealkylation sites (tertiary alicyclic amines) is 2. The highest BCUT2D eigenvalue weighted by Gasteiger charge is 2.39. The molecule has 18 heavy (non-hydrogen) atoms. The summed E-state index contributed by atoms with van der Waals surface area (Å²) in [5, 5.41) is 9.45. The molecule has 3 fully saturated rings. The zero-order valence-electron chi connectivity index (χ0n) is 10.5. The van der Waals surface area contributed by atoms with Crippen molar-refractivity contribution >= 4 is 11.8 Å². The van der Waals surface area contributed by atoms with Crippen molar-refractivity contribution in [3.8, 4) is 0 Å². The summed E-state index contributed by atoms with van der Waals surface area (Å²) >= 11 is 0. The minimum absolute atomic E-state index is 0.0539. The van der Waals surface area contributed by atoms with Gasteiger partial charge in [0.2, 0.25) is 11.8 Å². The second-order valence-electron chi connectivity index (χ2n) is 5.87. The van der Waals surface area contributed by atoms with E-state index in [9.17, 15) is 14.7 Å². The van der Waals surface area contributed by atoms with Gasteiger partial charge < -0.3 is 14.9 Å². The summed E-state index contributed by atoms with van der Waals surface area (Å²) in [4.78, 5) is 27.6. The van der Waals surface area contributed by atoms with E-state index in [1.165, 1.54) is 12.8 Å². The van der Waals surface area contributed by atoms with E-state index in [1.807, 2.05) is 4.90 Å². The Bertz CT molecular complexity index is 367. The van der Waals surface area contributed by atoms with Crippen LogP contribution >= 0.6 is 0 Å². The van der Waals surface area contributed by atoms with Gasteiger partial charge in [0, 0.05) is 32.6 Å². The summed E-state index contributed by atoms with van der Waals surface area (Å²) in [6.45, 7) is 2.49. The minimum atomic E-state index is -0.381. The standard InChI is InChI=1S/C13H20N2O3/c16-11-3-4-14(8-11)13(18)10-5-12(17)15(7-10)6-9-1-2-9/h9-11,16H,1-8H2/t10?,11-/m1/s1. The molecule has 1 unspecified atom stereocenters. The van der Waals surface area contributed by atoms with Crippen LogP contribution in [0.5, 0.6) is 0 Å². The SMILES string of the molecule is O=C1CC(C(=O)N2CC[C@@H](O)C2)CN1CC1CC1. The molecule has 0 spiro atoms. The van der Waals surface area contributed by atoms with Gasteiger partial charge in [0.05, 0.1) is 12.0 Å². The lowest BCUT2D eigenvalue weighted by Gasteiger charge is -2.20. The number of nitrogens with zero attached hydrogens (tertiary/aromatic N) is 2. The number of rotatable bonds is 3. The van der Waals surface area contributed by atoms with Gasteiger partial charge in [-0.05, 0) is 25.2 Å². The molecule has 5 heteroatoms. The molecule has 3 aliphatic rings. The summed E-state index contributed by atoms with van der Waals surface area (Å²) in [5.41, 5.74) is 0. The van der Waals surface area contributed by atoms with Gasteiger partial charge in [-0.2, -0.15) is 0 Å². The molecule has 5 nitrogen and oxygen atoms in total. The van der Waals surface area contributed by atoms with Gasteiger partial charge in [-0.25, -0.2) is 0 Å². The van der Waals surface area contributed by atoms with E-state index in [4.69, 9.17) is 0 Å². The highest BCUT2D eigenvalue weighted by atomic mass is 16.3. The molecule has 0 aromatic heterocycles. The topological polar surface area (TPSA) is 60.9 Å². The number of carbonyl (C=O) groups is 2. The highest BCUT2D eigenvalue weighted by Crippen LogP contribution is 2.32. The zero-order valence-corrected chi connectivity index (χ0v) is 10.5. The third kappa shape index (κ3) is 2.36. The van der Waals surface area contributed by atoms with Crippen molar-refractivity contribution < 1.29 is 14.7 Å². The van der Waals surface area contributed by atoms with Crippen molar-refractivity contribution in [2.24, 2.45) is 11.8 Å². The predicted molar refractivity (Wildman–Crippen MR) is 64.6 cm³/mol. The maximum absolute atomic E-state index is 12.2. The normalized spacial score (nSPS) is 32.4. The summed E-state index contributed by atoms with van der Waals surface area (Å²) < 4.78 is 0. The molecule has 0 bridgehead atoms. The minimum Gasteiger partial charge on any atom is -0.391 e. The number of hydrogen-bond acceptors (Lipinski definition) is 3. The van der Waals surface area contributed by atoms with E-state index in [0.29, 0.717) is 38.4 Å². The van der Waals surface area contributed by atoms with Crippen molar-refractivity contribution in [2.45, 2.75) is 31.8 Å². The zero-order chi connectivity index (χ0) is 12.7. The average molecular weight is 252 g/mol. The number of hydrogen-bond donors (Lipinski definition) is 1. The van der Waals surface area contributed by atoms with Crippen LogP contribution in [-0.2, 0) is 9.59 Å². The summed E-state index contributed by atoms with van der Waals surface area (Å²) in [7, 11) is 0. The lowest BCUT2D eigenvalue weighted by atomic mass is 10.1. The molecule has 1 aliphatic carbocycles. The summed E-state index contributed by atoms with van der Waals surface area (Å²) in [5.74, 6) is 0.677. The molecule has 1 N–H and O–H groups in total. The number of aliphatic hydroxyl groups excluding tert-OH is 1. The van der Waals surface area contributed by atoms with Crippen LogP contribution in [0.1, 0.15) is 25.7 Å². The van der Waals surface area contributed by atoms with Gasteiger partial charge in [-0.15, -0.1) is 0 Å². The Morgan fingerprint density at radius 3 is 2.67 bits per heavy atom. The van der Waals surface area contributed by atoms with E-state index in [1.54, 1.807) is 4.90 Å². The number of amides is 2. The Balaban J connectivity index is 1.56. The maximum atomic E-state index is 12.2. The molecule has 2 aliphatic heterocycles. The second-order valence-corrected chi connectivity index (χ2v) is 5.87. The van der Waals surface area contributed by atoms with Crippen LogP contribution in [0, 0.1) is 11.8 Å². The monoisotopic (exact) mass is 252 g/mol. The van der Waals surface area contributed by atoms with Gasteiger partial charge in [-0.1, -0.05) is 0 Å². The molecule has 100 valence electrons. The van der Waals surface area contributed by atoms with Gasteiger partial charge in [0.1, 0.15) is 0 Å². The number of β-amino-alcohol motifs (C(OH)–C–C–N with tert-alkyl or cyclic N) is 1. The third-order valence-electron chi connectivity index (χ3n) is 4.21. The van der Waals surface area contributed by atoms with Gasteiger partial charge in [0.25, 0.3) is 0 Å². The van der Waals surface area contributed by atoms with Gasteiger partial charge in [-0.3, -0.25) is 9.59 Å². The van der Waals surface area contributed by atoms with Crippen LogP contribution in [-0.4, -0.2) is 59.0 Å². The van der Waals surface area contributed by atoms with Crippen molar-refractivity contribution in [1.82, 2.24) is 9.80 Å². The van der Waals surface area contributed by atoms with Crippen molar-refractivity contribution in [2.75, 3.05) is 26.2 Å². The molecule has 0 radical (unpaired) electrons. The second kappa shape index (κ2) is 4.53. The lowest BCUT2D eigenvalue weighted by Crippen LogP contribution is -2.36. The molecule has 2 heterocycles. The fraction of sp³-hybridized carbons (Fsp3) is 0.846. The lowest BCUT2D eigenvalue weighted by molar-refractivity contribution is -0.135. The molecule has 2 atom stereocenters. The predicted octanol–water partition coefficient (Wildman–Crippen LogP) is -0.162. The third-order valence-corrected chi connectivity index (χ3v) is 4.21. The van der Waals surface area contributed by atoms with E-state index in [-0.39, 0.29) is 23.8 Å². The molecular formula is C13H20N2O3. The largest absolute Gasteiger partial charge is 0.391 e. The van der Waals surface area contributed by atoms with Crippen molar-refractivity contribution in [1.29, 1.82) is 0 Å². The fourth-order valence-electron chi connectivity index (χ4n) is 2.93. The molecule has 0 aromatic rings. The van der Waals surface area contributed by atoms with E-state index < -0.39 is 0 Å². The average Bonchev–Trinajstić information content (AvgIpc) is 2.93. The van der Waals surface area contributed by atoms with Crippen molar-refractivity contribution in [3.63, 3.8) is 0 Å². The van der Waals surface area contributed by atoms with Crippen LogP contribution in [0.2, 0.25) is 0 Å². The molecular weight excluding hydrogens is 232 g/mol. The van der Waals surface area contributed by atoms with Crippen LogP contribution in [0.3, 0.4) is 0 Å². The fourth-order valence-corrected chi connectivity index (χ4v) is 2.93. The number of aliphatic hydroxyl groups is 1. The highest BCUT2D eigenvalue weighted by molar-refractivity contribution is 5.89. The van der Waals surface area contributed by atoms with E-state index in [2.05, 4.69) is 0 Å². The first-order valence-corrected chi connectivity index (χ1v) is 6.88. The van der Waals surface area contributed by atoms with Crippen LogP contribution in [0.25, 0.3) is 0 Å². The Kier molecular flexibility index (Phi) is 3.01. The molecule has 0 aromatic carbocycles. The molecule has 2 saturated heterocycles. The van der Waals surface area contributed by atoms with Gasteiger partial charge >= 0.3 is 0 Å². The van der Waals surface area contributed by atoms with Gasteiger partial charge in [0.15, 0.2) is 0 Å². The Hall–Kier alpha value is -1.10. The summed E-state index contributed by atoms with van der Waals surface area (Å²) in [6.07, 6.45) is 3.09. The molecule has 1 saturated carbocycles. The van der Waals surface area contributed by atoms with E-state index >= 15 is 0 Å². The Morgan fingerprint density at radius 2 is 2.06 bits per heavy atom. The first-order valence-electron chi connectivity index (χ1n) is 6.88.